The first-order valence-corrected chi connectivity index (χ1v) is 11.5. The number of fused-ring (bicyclic) bond motifs is 3. The summed E-state index contributed by atoms with van der Waals surface area (Å²) in [5.74, 6) is 0.797. The van der Waals surface area contributed by atoms with Gasteiger partial charge in [-0.2, -0.15) is 0 Å². The molecule has 8 heteroatoms. The standard InChI is InChI=1S/C26H30N4O4/c1-5-32-14-22-29-23-24(30(22)12-18-13-33-26(3,4)34-18)20-8-6-16(11-21(20)28-25(23)27)19-9-7-17(31)10-15(19)2/h6-11,18,31H,5,12-14H2,1-4H3,(H2,27,28). The molecule has 1 atom stereocenters. The summed E-state index contributed by atoms with van der Waals surface area (Å²) in [5, 5.41) is 10.7. The van der Waals surface area contributed by atoms with E-state index >= 15 is 0 Å². The summed E-state index contributed by atoms with van der Waals surface area (Å²) in [6.45, 7) is 9.81. The number of aromatic hydroxyl groups is 1. The van der Waals surface area contributed by atoms with Crippen LogP contribution < -0.4 is 5.73 Å². The fourth-order valence-electron chi connectivity index (χ4n) is 4.65. The molecule has 1 fully saturated rings. The Hall–Kier alpha value is -3.20. The van der Waals surface area contributed by atoms with E-state index in [0.29, 0.717) is 37.7 Å². The molecule has 4 aromatic rings. The first-order valence-electron chi connectivity index (χ1n) is 11.5. The van der Waals surface area contributed by atoms with Gasteiger partial charge in [-0.15, -0.1) is 0 Å². The third-order valence-electron chi connectivity index (χ3n) is 6.19. The van der Waals surface area contributed by atoms with Crippen LogP contribution in [0.4, 0.5) is 5.82 Å². The van der Waals surface area contributed by atoms with E-state index in [4.69, 9.17) is 24.9 Å². The number of nitrogen functional groups attached to an aromatic ring is 1. The van der Waals surface area contributed by atoms with Crippen molar-refractivity contribution in [1.82, 2.24) is 14.5 Å². The van der Waals surface area contributed by atoms with E-state index in [-0.39, 0.29) is 11.9 Å². The Balaban J connectivity index is 1.66. The quantitative estimate of drug-likeness (QED) is 0.434. The predicted octanol–water partition coefficient (Wildman–Crippen LogP) is 4.54. The van der Waals surface area contributed by atoms with Crippen molar-refractivity contribution in [3.8, 4) is 16.9 Å². The van der Waals surface area contributed by atoms with Crippen LogP contribution in [0.25, 0.3) is 33.1 Å². The monoisotopic (exact) mass is 462 g/mol. The zero-order chi connectivity index (χ0) is 24.0. The smallest absolute Gasteiger partial charge is 0.163 e. The van der Waals surface area contributed by atoms with E-state index in [9.17, 15) is 5.11 Å². The van der Waals surface area contributed by atoms with Crippen molar-refractivity contribution in [2.45, 2.75) is 52.7 Å². The molecule has 0 amide bonds. The second-order valence-electron chi connectivity index (χ2n) is 9.15. The van der Waals surface area contributed by atoms with Crippen LogP contribution in [0, 0.1) is 6.92 Å². The van der Waals surface area contributed by atoms with Crippen LogP contribution in [-0.2, 0) is 27.4 Å². The maximum atomic E-state index is 9.79. The number of pyridine rings is 1. The number of ether oxygens (including phenoxy) is 3. The highest BCUT2D eigenvalue weighted by molar-refractivity contribution is 6.07. The number of nitrogens with two attached hydrogens (primary N) is 1. The van der Waals surface area contributed by atoms with Crippen molar-refractivity contribution in [1.29, 1.82) is 0 Å². The highest BCUT2D eigenvalue weighted by atomic mass is 16.7. The highest BCUT2D eigenvalue weighted by Crippen LogP contribution is 2.34. The van der Waals surface area contributed by atoms with Crippen molar-refractivity contribution in [2.75, 3.05) is 18.9 Å². The van der Waals surface area contributed by atoms with E-state index in [1.54, 1.807) is 12.1 Å². The van der Waals surface area contributed by atoms with Crippen LogP contribution in [0.2, 0.25) is 0 Å². The third-order valence-corrected chi connectivity index (χ3v) is 6.19. The fraction of sp³-hybridized carbons (Fsp3) is 0.385. The summed E-state index contributed by atoms with van der Waals surface area (Å²) >= 11 is 0. The van der Waals surface area contributed by atoms with Gasteiger partial charge in [0.15, 0.2) is 11.6 Å². The fourth-order valence-corrected chi connectivity index (χ4v) is 4.65. The summed E-state index contributed by atoms with van der Waals surface area (Å²) in [6.07, 6.45) is -0.115. The Morgan fingerprint density at radius 3 is 2.74 bits per heavy atom. The van der Waals surface area contributed by atoms with Crippen molar-refractivity contribution >= 4 is 27.8 Å². The number of rotatable bonds is 6. The largest absolute Gasteiger partial charge is 0.508 e. The molecule has 2 aromatic heterocycles. The normalized spacial score (nSPS) is 17.7. The Kier molecular flexibility index (Phi) is 5.67. The van der Waals surface area contributed by atoms with E-state index in [1.165, 1.54) is 0 Å². The summed E-state index contributed by atoms with van der Waals surface area (Å²) in [6, 6.07) is 11.5. The van der Waals surface area contributed by atoms with Gasteiger partial charge >= 0.3 is 0 Å². The Labute approximate surface area is 198 Å². The number of imidazole rings is 1. The van der Waals surface area contributed by atoms with Gasteiger partial charge in [-0.05, 0) is 62.6 Å². The van der Waals surface area contributed by atoms with Crippen LogP contribution in [0.3, 0.4) is 0 Å². The number of anilines is 1. The van der Waals surface area contributed by atoms with Gasteiger partial charge in [0, 0.05) is 12.0 Å². The maximum Gasteiger partial charge on any atom is 0.163 e. The number of hydrogen-bond acceptors (Lipinski definition) is 7. The van der Waals surface area contributed by atoms with E-state index in [0.717, 1.165) is 38.9 Å². The maximum absolute atomic E-state index is 9.79. The third kappa shape index (κ3) is 4.09. The lowest BCUT2D eigenvalue weighted by Gasteiger charge is -2.18. The van der Waals surface area contributed by atoms with Gasteiger partial charge in [0.25, 0.3) is 0 Å². The highest BCUT2D eigenvalue weighted by Gasteiger charge is 2.33. The Morgan fingerprint density at radius 1 is 1.21 bits per heavy atom. The van der Waals surface area contributed by atoms with Gasteiger partial charge in [0.1, 0.15) is 29.8 Å². The zero-order valence-corrected chi connectivity index (χ0v) is 20.0. The molecule has 3 N–H and O–H groups in total. The molecule has 1 aliphatic heterocycles. The molecule has 0 aliphatic carbocycles. The number of hydrogen-bond donors (Lipinski definition) is 2. The minimum Gasteiger partial charge on any atom is -0.508 e. The number of aryl methyl sites for hydroxylation is 1. The molecule has 5 rings (SSSR count). The minimum absolute atomic E-state index is 0.115. The molecule has 0 bridgehead atoms. The average Bonchev–Trinajstić information content (AvgIpc) is 3.32. The number of phenolic OH excluding ortho intramolecular Hbond substituents is 1. The number of phenols is 1. The molecule has 1 aliphatic rings. The van der Waals surface area contributed by atoms with Gasteiger partial charge < -0.3 is 29.6 Å². The predicted molar refractivity (Wildman–Crippen MR) is 132 cm³/mol. The first kappa shape index (κ1) is 22.6. The van der Waals surface area contributed by atoms with E-state index in [2.05, 4.69) is 21.7 Å². The average molecular weight is 463 g/mol. The van der Waals surface area contributed by atoms with Gasteiger partial charge in [-0.3, -0.25) is 0 Å². The molecule has 1 saturated heterocycles. The van der Waals surface area contributed by atoms with Gasteiger partial charge in [0.05, 0.1) is 24.2 Å². The number of nitrogens with zero attached hydrogens (tertiary/aromatic N) is 3. The first-order chi connectivity index (χ1) is 16.3. The van der Waals surface area contributed by atoms with Crippen molar-refractivity contribution in [3.05, 3.63) is 47.8 Å². The topological polar surface area (TPSA) is 105 Å². The van der Waals surface area contributed by atoms with Crippen molar-refractivity contribution in [3.63, 3.8) is 0 Å². The summed E-state index contributed by atoms with van der Waals surface area (Å²) in [4.78, 5) is 9.49. The van der Waals surface area contributed by atoms with Crippen LogP contribution >= 0.6 is 0 Å². The molecule has 2 aromatic carbocycles. The van der Waals surface area contributed by atoms with Gasteiger partial charge in [-0.1, -0.05) is 18.2 Å². The van der Waals surface area contributed by atoms with Crippen LogP contribution in [0.5, 0.6) is 5.75 Å². The Morgan fingerprint density at radius 2 is 2.03 bits per heavy atom. The van der Waals surface area contributed by atoms with Crippen LogP contribution in [0.15, 0.2) is 36.4 Å². The summed E-state index contributed by atoms with van der Waals surface area (Å²) < 4.78 is 19.7. The molecule has 1 unspecified atom stereocenters. The van der Waals surface area contributed by atoms with Crippen molar-refractivity contribution in [2.24, 2.45) is 0 Å². The molecule has 3 heterocycles. The second-order valence-corrected chi connectivity index (χ2v) is 9.15. The summed E-state index contributed by atoms with van der Waals surface area (Å²) in [5.41, 5.74) is 11.8. The second kappa shape index (κ2) is 8.54. The molecule has 0 spiro atoms. The Bertz CT molecular complexity index is 1380. The minimum atomic E-state index is -0.610. The van der Waals surface area contributed by atoms with E-state index < -0.39 is 5.79 Å². The van der Waals surface area contributed by atoms with Crippen molar-refractivity contribution < 1.29 is 19.3 Å². The number of aromatic nitrogens is 3. The van der Waals surface area contributed by atoms with E-state index in [1.807, 2.05) is 39.8 Å². The lowest BCUT2D eigenvalue weighted by atomic mass is 9.98. The van der Waals surface area contributed by atoms with Gasteiger partial charge in [0.2, 0.25) is 0 Å². The molecule has 8 nitrogen and oxygen atoms in total. The SMILES string of the molecule is CCOCc1nc2c(N)nc3cc(-c4ccc(O)cc4C)ccc3c2n1CC1COC(C)(C)O1. The zero-order valence-electron chi connectivity index (χ0n) is 20.0. The van der Waals surface area contributed by atoms with Crippen LogP contribution in [0.1, 0.15) is 32.2 Å². The molecular formula is C26H30N4O4. The molecule has 34 heavy (non-hydrogen) atoms. The molecule has 178 valence electrons. The molecule has 0 saturated carbocycles. The lowest BCUT2D eigenvalue weighted by molar-refractivity contribution is -0.139. The summed E-state index contributed by atoms with van der Waals surface area (Å²) in [7, 11) is 0. The molecular weight excluding hydrogens is 432 g/mol. The van der Waals surface area contributed by atoms with Crippen LogP contribution in [-0.4, -0.2) is 44.7 Å². The lowest BCUT2D eigenvalue weighted by Crippen LogP contribution is -2.25. The number of benzene rings is 2. The van der Waals surface area contributed by atoms with Gasteiger partial charge in [-0.25, -0.2) is 9.97 Å². The molecule has 0 radical (unpaired) electrons.